The Morgan fingerprint density at radius 2 is 1.91 bits per heavy atom. The molecule has 2 aromatic rings. The average Bonchev–Trinajstić information content (AvgIpc) is 3.21. The van der Waals surface area contributed by atoms with Gasteiger partial charge in [0.15, 0.2) is 5.01 Å². The molecule has 1 aromatic heterocycles. The number of aromatic nitrogens is 1. The van der Waals surface area contributed by atoms with E-state index < -0.39 is 0 Å². The zero-order valence-corrected chi connectivity index (χ0v) is 23.3. The van der Waals surface area contributed by atoms with Crippen molar-refractivity contribution in [2.24, 2.45) is 5.92 Å². The van der Waals surface area contributed by atoms with Gasteiger partial charge in [0.1, 0.15) is 0 Å². The summed E-state index contributed by atoms with van der Waals surface area (Å²) >= 11 is 10.1. The average molecular weight is 520 g/mol. The molecule has 0 saturated heterocycles. The molecule has 0 unspecified atom stereocenters. The van der Waals surface area contributed by atoms with Crippen molar-refractivity contribution < 1.29 is 4.79 Å². The second kappa shape index (κ2) is 11.3. The molecule has 34 heavy (non-hydrogen) atoms. The second-order valence-corrected chi connectivity index (χ2v) is 12.8. The fourth-order valence-electron chi connectivity index (χ4n) is 4.48. The van der Waals surface area contributed by atoms with Gasteiger partial charge >= 0.3 is 0 Å². The molecule has 4 nitrogen and oxygen atoms in total. The third-order valence-corrected chi connectivity index (χ3v) is 10.4. The normalized spacial score (nSPS) is 17.6. The molecule has 2 aliphatic carbocycles. The van der Waals surface area contributed by atoms with Crippen molar-refractivity contribution in [2.45, 2.75) is 108 Å². The van der Waals surface area contributed by atoms with Gasteiger partial charge in [-0.2, -0.15) is 0 Å². The summed E-state index contributed by atoms with van der Waals surface area (Å²) in [6.07, 6.45) is 11.8. The van der Waals surface area contributed by atoms with Crippen LogP contribution in [0.5, 0.6) is 0 Å². The lowest BCUT2D eigenvalue weighted by Gasteiger charge is -2.25. The molecule has 2 aliphatic rings. The first kappa shape index (κ1) is 26.0. The fourth-order valence-corrected chi connectivity index (χ4v) is 6.80. The van der Waals surface area contributed by atoms with Crippen LogP contribution in [0.1, 0.15) is 99.6 Å². The SMILES string of the molecule is CCC(C)(C)NSc1ccc(-c2sc(C(=O)NC3CCC3)nc2CC2CCCCC2)c(Cl)c1C. The van der Waals surface area contributed by atoms with Gasteiger partial charge in [0.2, 0.25) is 0 Å². The number of benzene rings is 1. The number of nitrogens with one attached hydrogen (secondary N) is 2. The summed E-state index contributed by atoms with van der Waals surface area (Å²) in [6.45, 7) is 8.68. The molecule has 0 radical (unpaired) electrons. The van der Waals surface area contributed by atoms with Gasteiger partial charge in [-0.25, -0.2) is 4.98 Å². The molecule has 1 heterocycles. The van der Waals surface area contributed by atoms with Gasteiger partial charge < -0.3 is 5.32 Å². The minimum atomic E-state index is -0.0307. The Hall–Kier alpha value is -1.08. The second-order valence-electron chi connectivity index (χ2n) is 10.6. The summed E-state index contributed by atoms with van der Waals surface area (Å²) in [5.74, 6) is 0.615. The van der Waals surface area contributed by atoms with E-state index in [0.29, 0.717) is 17.0 Å². The van der Waals surface area contributed by atoms with E-state index in [2.05, 4.69) is 49.9 Å². The van der Waals surface area contributed by atoms with Crippen LogP contribution >= 0.6 is 34.9 Å². The molecule has 4 rings (SSSR count). The van der Waals surface area contributed by atoms with E-state index in [1.54, 1.807) is 11.9 Å². The zero-order chi connectivity index (χ0) is 24.3. The Bertz CT molecular complexity index is 1010. The Morgan fingerprint density at radius 3 is 2.56 bits per heavy atom. The minimum Gasteiger partial charge on any atom is -0.347 e. The maximum Gasteiger partial charge on any atom is 0.280 e. The van der Waals surface area contributed by atoms with Crippen LogP contribution < -0.4 is 10.0 Å². The molecule has 2 saturated carbocycles. The van der Waals surface area contributed by atoms with E-state index in [9.17, 15) is 4.79 Å². The molecule has 1 amide bonds. The monoisotopic (exact) mass is 519 g/mol. The summed E-state index contributed by atoms with van der Waals surface area (Å²) in [7, 11) is 0. The number of carbonyl (C=O) groups is 1. The van der Waals surface area contributed by atoms with Crippen LogP contribution in [0.15, 0.2) is 17.0 Å². The first-order valence-electron chi connectivity index (χ1n) is 12.8. The highest BCUT2D eigenvalue weighted by Gasteiger charge is 2.26. The maximum absolute atomic E-state index is 12.9. The summed E-state index contributed by atoms with van der Waals surface area (Å²) in [4.78, 5) is 20.0. The molecule has 0 bridgehead atoms. The number of hydrogen-bond donors (Lipinski definition) is 2. The van der Waals surface area contributed by atoms with E-state index in [0.717, 1.165) is 57.3 Å². The van der Waals surface area contributed by atoms with Crippen LogP contribution in [0, 0.1) is 12.8 Å². The third-order valence-electron chi connectivity index (χ3n) is 7.44. The number of carbonyl (C=O) groups excluding carboxylic acids is 1. The van der Waals surface area contributed by atoms with Crippen molar-refractivity contribution in [3.8, 4) is 10.4 Å². The summed E-state index contributed by atoms with van der Waals surface area (Å²) < 4.78 is 3.56. The fraction of sp³-hybridized carbons (Fsp3) is 0.630. The maximum atomic E-state index is 12.9. The van der Waals surface area contributed by atoms with Gasteiger partial charge in [0.05, 0.1) is 15.6 Å². The van der Waals surface area contributed by atoms with E-state index in [4.69, 9.17) is 16.6 Å². The van der Waals surface area contributed by atoms with Gasteiger partial charge in [-0.1, -0.05) is 56.7 Å². The molecular formula is C27H38ClN3OS2. The van der Waals surface area contributed by atoms with Crippen molar-refractivity contribution in [3.63, 3.8) is 0 Å². The molecule has 0 atom stereocenters. The molecule has 0 aliphatic heterocycles. The molecule has 186 valence electrons. The topological polar surface area (TPSA) is 54.0 Å². The van der Waals surface area contributed by atoms with Crippen LogP contribution in [-0.2, 0) is 6.42 Å². The lowest BCUT2D eigenvalue weighted by Crippen LogP contribution is -2.39. The van der Waals surface area contributed by atoms with Crippen LogP contribution in [0.2, 0.25) is 5.02 Å². The summed E-state index contributed by atoms with van der Waals surface area (Å²) in [6, 6.07) is 4.57. The van der Waals surface area contributed by atoms with Gasteiger partial charge in [-0.05, 0) is 82.4 Å². The van der Waals surface area contributed by atoms with E-state index in [-0.39, 0.29) is 11.4 Å². The lowest BCUT2D eigenvalue weighted by atomic mass is 9.85. The highest BCUT2D eigenvalue weighted by molar-refractivity contribution is 7.97. The van der Waals surface area contributed by atoms with Crippen molar-refractivity contribution in [2.75, 3.05) is 0 Å². The van der Waals surface area contributed by atoms with Crippen LogP contribution in [-0.4, -0.2) is 22.5 Å². The number of thiazole rings is 1. The quantitative estimate of drug-likeness (QED) is 0.330. The first-order chi connectivity index (χ1) is 16.3. The van der Waals surface area contributed by atoms with E-state index in [1.807, 2.05) is 0 Å². The lowest BCUT2D eigenvalue weighted by molar-refractivity contribution is 0.0916. The molecule has 0 spiro atoms. The van der Waals surface area contributed by atoms with Crippen molar-refractivity contribution in [1.82, 2.24) is 15.0 Å². The van der Waals surface area contributed by atoms with E-state index >= 15 is 0 Å². The zero-order valence-electron chi connectivity index (χ0n) is 20.9. The van der Waals surface area contributed by atoms with Gasteiger partial charge in [-0.3, -0.25) is 9.52 Å². The van der Waals surface area contributed by atoms with E-state index in [1.165, 1.54) is 49.9 Å². The number of nitrogens with zero attached hydrogens (tertiary/aromatic N) is 1. The largest absolute Gasteiger partial charge is 0.347 e. The molecule has 1 aromatic carbocycles. The molecular weight excluding hydrogens is 482 g/mol. The molecule has 2 fully saturated rings. The van der Waals surface area contributed by atoms with Gasteiger partial charge in [0.25, 0.3) is 5.91 Å². The summed E-state index contributed by atoms with van der Waals surface area (Å²) in [5.41, 5.74) is 3.17. The number of hydrogen-bond acceptors (Lipinski definition) is 5. The number of amides is 1. The Morgan fingerprint density at radius 1 is 1.18 bits per heavy atom. The van der Waals surface area contributed by atoms with Crippen molar-refractivity contribution in [3.05, 3.63) is 33.4 Å². The predicted octanol–water partition coefficient (Wildman–Crippen LogP) is 7.96. The van der Waals surface area contributed by atoms with Gasteiger partial charge in [-0.15, -0.1) is 11.3 Å². The van der Waals surface area contributed by atoms with Crippen LogP contribution in [0.3, 0.4) is 0 Å². The standard InChI is InChI=1S/C27H38ClN3OS2/c1-5-27(3,4)31-34-22-15-14-20(23(28)17(22)2)24-21(16-18-10-7-6-8-11-18)30-26(33-24)25(32)29-19-12-9-13-19/h14-15,18-19,31H,5-13,16H2,1-4H3,(H,29,32). The number of rotatable bonds is 9. The van der Waals surface area contributed by atoms with Crippen LogP contribution in [0.25, 0.3) is 10.4 Å². The Balaban J connectivity index is 1.62. The summed E-state index contributed by atoms with van der Waals surface area (Å²) in [5, 5.41) is 4.50. The minimum absolute atomic E-state index is 0.0307. The van der Waals surface area contributed by atoms with Gasteiger partial charge in [0, 0.05) is 22.0 Å². The molecule has 2 N–H and O–H groups in total. The highest BCUT2D eigenvalue weighted by Crippen LogP contribution is 2.41. The smallest absolute Gasteiger partial charge is 0.280 e. The van der Waals surface area contributed by atoms with Crippen molar-refractivity contribution >= 4 is 40.8 Å². The number of halogens is 1. The van der Waals surface area contributed by atoms with Crippen LogP contribution in [0.4, 0.5) is 0 Å². The molecule has 7 heteroatoms. The predicted molar refractivity (Wildman–Crippen MR) is 146 cm³/mol. The Kier molecular flexibility index (Phi) is 8.66. The van der Waals surface area contributed by atoms with Crippen molar-refractivity contribution in [1.29, 1.82) is 0 Å². The third kappa shape index (κ3) is 6.18. The Labute approximate surface area is 218 Å². The highest BCUT2D eigenvalue weighted by atomic mass is 35.5. The first-order valence-corrected chi connectivity index (χ1v) is 14.8.